The second-order valence-electron chi connectivity index (χ2n) is 8.12. The van der Waals surface area contributed by atoms with E-state index in [1.165, 1.54) is 18.2 Å². The van der Waals surface area contributed by atoms with Gasteiger partial charge >= 0.3 is 12.1 Å². The van der Waals surface area contributed by atoms with E-state index < -0.39 is 23.2 Å². The van der Waals surface area contributed by atoms with Crippen molar-refractivity contribution in [3.05, 3.63) is 70.8 Å². The Hall–Kier alpha value is -2.87. The SMILES string of the molecule is C[C@H](NC(=O)[C@@]1(C)CCCN1Cc1cccc(C(F)(F)F)c1)c1ccc(C(=O)O)cc1. The molecule has 31 heavy (non-hydrogen) atoms. The molecule has 0 bridgehead atoms. The number of hydrogen-bond donors (Lipinski definition) is 2. The number of carboxylic acids is 1. The summed E-state index contributed by atoms with van der Waals surface area (Å²) in [5.74, 6) is -1.22. The molecule has 1 heterocycles. The number of nitrogens with one attached hydrogen (secondary N) is 1. The maximum absolute atomic E-state index is 13.1. The van der Waals surface area contributed by atoms with Crippen molar-refractivity contribution in [1.29, 1.82) is 0 Å². The van der Waals surface area contributed by atoms with Crippen LogP contribution in [0, 0.1) is 0 Å². The van der Waals surface area contributed by atoms with Crippen LogP contribution in [-0.2, 0) is 17.5 Å². The molecular weight excluding hydrogens is 409 g/mol. The van der Waals surface area contributed by atoms with Crippen molar-refractivity contribution < 1.29 is 27.9 Å². The molecule has 2 atom stereocenters. The summed E-state index contributed by atoms with van der Waals surface area (Å²) in [6.45, 7) is 4.48. The fourth-order valence-electron chi connectivity index (χ4n) is 3.95. The molecule has 0 spiro atoms. The van der Waals surface area contributed by atoms with E-state index in [4.69, 9.17) is 5.11 Å². The Morgan fingerprint density at radius 1 is 1.19 bits per heavy atom. The normalized spacial score (nSPS) is 20.4. The quantitative estimate of drug-likeness (QED) is 0.695. The number of rotatable bonds is 6. The van der Waals surface area contributed by atoms with Crippen LogP contribution in [0.5, 0.6) is 0 Å². The Kier molecular flexibility index (Phi) is 6.40. The molecule has 2 aromatic carbocycles. The third-order valence-electron chi connectivity index (χ3n) is 5.91. The number of carbonyl (C=O) groups is 2. The van der Waals surface area contributed by atoms with Gasteiger partial charge in [0.05, 0.1) is 22.7 Å². The number of carbonyl (C=O) groups excluding carboxylic acids is 1. The molecule has 0 unspecified atom stereocenters. The number of nitrogens with zero attached hydrogens (tertiary/aromatic N) is 1. The van der Waals surface area contributed by atoms with Gasteiger partial charge < -0.3 is 10.4 Å². The van der Waals surface area contributed by atoms with Crippen molar-refractivity contribution in [2.75, 3.05) is 6.54 Å². The van der Waals surface area contributed by atoms with Crippen molar-refractivity contribution in [1.82, 2.24) is 10.2 Å². The van der Waals surface area contributed by atoms with Gasteiger partial charge in [0.2, 0.25) is 5.91 Å². The lowest BCUT2D eigenvalue weighted by molar-refractivity contribution is -0.137. The number of alkyl halides is 3. The summed E-state index contributed by atoms with van der Waals surface area (Å²) < 4.78 is 39.1. The first-order valence-corrected chi connectivity index (χ1v) is 10.1. The van der Waals surface area contributed by atoms with Crippen molar-refractivity contribution in [2.24, 2.45) is 0 Å². The molecule has 0 aliphatic carbocycles. The van der Waals surface area contributed by atoms with Crippen LogP contribution in [0.15, 0.2) is 48.5 Å². The standard InChI is InChI=1S/C23H25F3N2O3/c1-15(17-7-9-18(10-8-17)20(29)30)27-21(31)22(2)11-4-12-28(22)14-16-5-3-6-19(13-16)23(24,25)26/h3,5-10,13,15H,4,11-12,14H2,1-2H3,(H,27,31)(H,29,30)/t15-,22+/m0/s1. The molecule has 5 nitrogen and oxygen atoms in total. The summed E-state index contributed by atoms with van der Waals surface area (Å²) in [6.07, 6.45) is -3.04. The lowest BCUT2D eigenvalue weighted by Gasteiger charge is -2.35. The van der Waals surface area contributed by atoms with E-state index in [-0.39, 0.29) is 24.1 Å². The number of likely N-dealkylation sites (tertiary alicyclic amines) is 1. The van der Waals surface area contributed by atoms with E-state index in [1.54, 1.807) is 18.2 Å². The maximum Gasteiger partial charge on any atom is 0.416 e. The number of aromatic carboxylic acids is 1. The summed E-state index contributed by atoms with van der Waals surface area (Å²) in [5, 5.41) is 12.0. The van der Waals surface area contributed by atoms with Gasteiger partial charge in [-0.05, 0) is 62.6 Å². The highest BCUT2D eigenvalue weighted by Gasteiger charge is 2.43. The summed E-state index contributed by atoms with van der Waals surface area (Å²) in [4.78, 5) is 26.0. The molecule has 1 fully saturated rings. The number of hydrogen-bond acceptors (Lipinski definition) is 3. The van der Waals surface area contributed by atoms with Gasteiger partial charge in [-0.3, -0.25) is 9.69 Å². The van der Waals surface area contributed by atoms with Gasteiger partial charge in [0.25, 0.3) is 0 Å². The minimum Gasteiger partial charge on any atom is -0.478 e. The molecule has 0 saturated carbocycles. The average molecular weight is 434 g/mol. The van der Waals surface area contributed by atoms with Gasteiger partial charge in [-0.15, -0.1) is 0 Å². The van der Waals surface area contributed by atoms with Gasteiger partial charge in [-0.1, -0.05) is 30.3 Å². The van der Waals surface area contributed by atoms with Crippen LogP contribution in [0.25, 0.3) is 0 Å². The molecule has 2 N–H and O–H groups in total. The highest BCUT2D eigenvalue weighted by atomic mass is 19.4. The number of benzene rings is 2. The van der Waals surface area contributed by atoms with Crippen LogP contribution in [0.1, 0.15) is 59.8 Å². The summed E-state index contributed by atoms with van der Waals surface area (Å²) in [5.41, 5.74) is -0.104. The molecule has 2 aromatic rings. The molecule has 0 aromatic heterocycles. The molecule has 0 radical (unpaired) electrons. The first-order chi connectivity index (χ1) is 14.5. The van der Waals surface area contributed by atoms with E-state index in [2.05, 4.69) is 5.32 Å². The maximum atomic E-state index is 13.1. The monoisotopic (exact) mass is 434 g/mol. The molecule has 166 valence electrons. The molecule has 1 amide bonds. The smallest absolute Gasteiger partial charge is 0.416 e. The van der Waals surface area contributed by atoms with Gasteiger partial charge in [-0.25, -0.2) is 4.79 Å². The molecule has 8 heteroatoms. The lowest BCUT2D eigenvalue weighted by Crippen LogP contribution is -2.53. The first-order valence-electron chi connectivity index (χ1n) is 10.1. The van der Waals surface area contributed by atoms with Crippen LogP contribution >= 0.6 is 0 Å². The summed E-state index contributed by atoms with van der Waals surface area (Å²) in [6, 6.07) is 11.1. The Labute approximate surface area is 178 Å². The number of halogens is 3. The molecule has 3 rings (SSSR count). The zero-order chi connectivity index (χ0) is 22.8. The molecule has 1 aliphatic rings. The van der Waals surface area contributed by atoms with E-state index in [9.17, 15) is 22.8 Å². The van der Waals surface area contributed by atoms with Crippen molar-refractivity contribution in [3.8, 4) is 0 Å². The van der Waals surface area contributed by atoms with Gasteiger partial charge in [0, 0.05) is 6.54 Å². The van der Waals surface area contributed by atoms with Crippen LogP contribution < -0.4 is 5.32 Å². The Balaban J connectivity index is 1.71. The third kappa shape index (κ3) is 5.07. The van der Waals surface area contributed by atoms with Crippen LogP contribution in [0.2, 0.25) is 0 Å². The molecule has 1 saturated heterocycles. The highest BCUT2D eigenvalue weighted by molar-refractivity contribution is 5.88. The van der Waals surface area contributed by atoms with Gasteiger partial charge in [0.15, 0.2) is 0 Å². The fraction of sp³-hybridized carbons (Fsp3) is 0.391. The molecule has 1 aliphatic heterocycles. The van der Waals surface area contributed by atoms with E-state index in [0.29, 0.717) is 18.5 Å². The van der Waals surface area contributed by atoms with E-state index >= 15 is 0 Å². The Bertz CT molecular complexity index is 959. The zero-order valence-electron chi connectivity index (χ0n) is 17.4. The number of amides is 1. The third-order valence-corrected chi connectivity index (χ3v) is 5.91. The van der Waals surface area contributed by atoms with Crippen LogP contribution in [0.3, 0.4) is 0 Å². The Morgan fingerprint density at radius 3 is 2.48 bits per heavy atom. The van der Waals surface area contributed by atoms with Crippen molar-refractivity contribution in [3.63, 3.8) is 0 Å². The summed E-state index contributed by atoms with van der Waals surface area (Å²) in [7, 11) is 0. The summed E-state index contributed by atoms with van der Waals surface area (Å²) >= 11 is 0. The predicted octanol–water partition coefficient (Wildman–Crippen LogP) is 4.64. The van der Waals surface area contributed by atoms with E-state index in [0.717, 1.165) is 24.1 Å². The largest absolute Gasteiger partial charge is 0.478 e. The topological polar surface area (TPSA) is 69.6 Å². The van der Waals surface area contributed by atoms with Crippen LogP contribution in [0.4, 0.5) is 13.2 Å². The minimum absolute atomic E-state index is 0.164. The molecular formula is C23H25F3N2O3. The first kappa shape index (κ1) is 22.8. The average Bonchev–Trinajstić information content (AvgIpc) is 3.09. The van der Waals surface area contributed by atoms with Gasteiger partial charge in [0.1, 0.15) is 0 Å². The van der Waals surface area contributed by atoms with Crippen molar-refractivity contribution in [2.45, 2.75) is 51.0 Å². The second kappa shape index (κ2) is 8.70. The highest BCUT2D eigenvalue weighted by Crippen LogP contribution is 2.33. The fourth-order valence-corrected chi connectivity index (χ4v) is 3.95. The second-order valence-corrected chi connectivity index (χ2v) is 8.12. The van der Waals surface area contributed by atoms with Crippen LogP contribution in [-0.4, -0.2) is 34.0 Å². The van der Waals surface area contributed by atoms with Gasteiger partial charge in [-0.2, -0.15) is 13.2 Å². The van der Waals surface area contributed by atoms with E-state index in [1.807, 2.05) is 18.7 Å². The number of carboxylic acid groups (broad SMARTS) is 1. The lowest BCUT2D eigenvalue weighted by atomic mass is 9.95. The Morgan fingerprint density at radius 2 is 1.87 bits per heavy atom. The zero-order valence-corrected chi connectivity index (χ0v) is 17.4. The minimum atomic E-state index is -4.41. The predicted molar refractivity (Wildman–Crippen MR) is 109 cm³/mol. The van der Waals surface area contributed by atoms with Crippen molar-refractivity contribution >= 4 is 11.9 Å².